The van der Waals surface area contributed by atoms with Gasteiger partial charge >= 0.3 is 0 Å². The van der Waals surface area contributed by atoms with Gasteiger partial charge < -0.3 is 11.1 Å². The van der Waals surface area contributed by atoms with E-state index in [2.05, 4.69) is 10.3 Å². The van der Waals surface area contributed by atoms with E-state index < -0.39 is 0 Å². The van der Waals surface area contributed by atoms with E-state index in [9.17, 15) is 4.79 Å². The number of carbonyl (C=O) groups is 1. The third-order valence-corrected chi connectivity index (χ3v) is 4.56. The molecule has 0 aliphatic heterocycles. The van der Waals surface area contributed by atoms with Gasteiger partial charge in [0.15, 0.2) is 0 Å². The summed E-state index contributed by atoms with van der Waals surface area (Å²) in [5, 5.41) is 3.90. The molecule has 0 aliphatic carbocycles. The summed E-state index contributed by atoms with van der Waals surface area (Å²) in [5.74, 6) is -0.148. The average molecular weight is 297 g/mol. The molecule has 1 amide bonds. The van der Waals surface area contributed by atoms with Gasteiger partial charge in [-0.05, 0) is 24.6 Å². The monoisotopic (exact) mass is 297 g/mol. The van der Waals surface area contributed by atoms with Gasteiger partial charge in [0.05, 0.1) is 11.7 Å². The molecule has 106 valence electrons. The Bertz CT molecular complexity index is 783. The molecule has 0 saturated heterocycles. The molecule has 21 heavy (non-hydrogen) atoms. The largest absolute Gasteiger partial charge is 0.397 e. The first kappa shape index (κ1) is 13.6. The highest BCUT2D eigenvalue weighted by molar-refractivity contribution is 7.21. The number of amides is 1. The number of fused-ring (bicyclic) bond motifs is 1. The maximum atomic E-state index is 12.4. The van der Waals surface area contributed by atoms with E-state index in [1.807, 2.05) is 43.3 Å². The number of nitrogens with two attached hydrogens (primary N) is 1. The predicted octanol–water partition coefficient (Wildman–Crippen LogP) is 3.37. The zero-order valence-corrected chi connectivity index (χ0v) is 12.4. The minimum Gasteiger partial charge on any atom is -0.397 e. The number of nitrogens with one attached hydrogen (secondary N) is 1. The number of nitrogens with zero attached hydrogens (tertiary/aromatic N) is 1. The van der Waals surface area contributed by atoms with Crippen LogP contribution in [0.2, 0.25) is 0 Å². The molecule has 1 unspecified atom stereocenters. The summed E-state index contributed by atoms with van der Waals surface area (Å²) in [6, 6.07) is 11.4. The van der Waals surface area contributed by atoms with Crippen molar-refractivity contribution in [3.63, 3.8) is 0 Å². The van der Waals surface area contributed by atoms with Crippen molar-refractivity contribution in [1.29, 1.82) is 0 Å². The van der Waals surface area contributed by atoms with Crippen molar-refractivity contribution in [3.05, 3.63) is 59.2 Å². The Morgan fingerprint density at radius 1 is 1.29 bits per heavy atom. The maximum absolute atomic E-state index is 12.4. The summed E-state index contributed by atoms with van der Waals surface area (Å²) in [4.78, 5) is 17.0. The van der Waals surface area contributed by atoms with Crippen molar-refractivity contribution in [1.82, 2.24) is 10.3 Å². The SMILES string of the molecule is CC(NC(=O)c1sc2ccccc2c1N)c1cccnc1. The van der Waals surface area contributed by atoms with E-state index in [0.717, 1.165) is 15.6 Å². The summed E-state index contributed by atoms with van der Waals surface area (Å²) in [6.07, 6.45) is 3.46. The zero-order chi connectivity index (χ0) is 14.8. The maximum Gasteiger partial charge on any atom is 0.263 e. The second-order valence-corrected chi connectivity index (χ2v) is 5.87. The summed E-state index contributed by atoms with van der Waals surface area (Å²) in [7, 11) is 0. The van der Waals surface area contributed by atoms with E-state index >= 15 is 0 Å². The molecule has 3 rings (SSSR count). The summed E-state index contributed by atoms with van der Waals surface area (Å²) in [5.41, 5.74) is 7.60. The number of hydrogen-bond acceptors (Lipinski definition) is 4. The van der Waals surface area contributed by atoms with Crippen LogP contribution in [-0.4, -0.2) is 10.9 Å². The van der Waals surface area contributed by atoms with Gasteiger partial charge in [-0.2, -0.15) is 0 Å². The highest BCUT2D eigenvalue weighted by Crippen LogP contribution is 2.33. The fourth-order valence-electron chi connectivity index (χ4n) is 2.21. The molecule has 0 bridgehead atoms. The van der Waals surface area contributed by atoms with Crippen LogP contribution >= 0.6 is 11.3 Å². The fraction of sp³-hybridized carbons (Fsp3) is 0.125. The number of pyridine rings is 1. The van der Waals surface area contributed by atoms with Crippen LogP contribution in [0.1, 0.15) is 28.2 Å². The lowest BCUT2D eigenvalue weighted by Crippen LogP contribution is -2.26. The fourth-order valence-corrected chi connectivity index (χ4v) is 3.24. The number of benzene rings is 1. The first-order valence-electron chi connectivity index (χ1n) is 6.64. The third-order valence-electron chi connectivity index (χ3n) is 3.37. The van der Waals surface area contributed by atoms with Crippen LogP contribution < -0.4 is 11.1 Å². The van der Waals surface area contributed by atoms with Crippen molar-refractivity contribution in [2.24, 2.45) is 0 Å². The van der Waals surface area contributed by atoms with Crippen LogP contribution in [0.25, 0.3) is 10.1 Å². The molecule has 4 nitrogen and oxygen atoms in total. The molecule has 0 saturated carbocycles. The first-order chi connectivity index (χ1) is 10.2. The molecule has 2 heterocycles. The lowest BCUT2D eigenvalue weighted by atomic mass is 10.1. The van der Waals surface area contributed by atoms with Crippen molar-refractivity contribution in [2.45, 2.75) is 13.0 Å². The molecule has 3 N–H and O–H groups in total. The van der Waals surface area contributed by atoms with Crippen molar-refractivity contribution >= 4 is 33.0 Å². The minimum atomic E-state index is -0.148. The summed E-state index contributed by atoms with van der Waals surface area (Å²) < 4.78 is 1.02. The van der Waals surface area contributed by atoms with Gasteiger partial charge in [0, 0.05) is 22.5 Å². The quantitative estimate of drug-likeness (QED) is 0.779. The second-order valence-electron chi connectivity index (χ2n) is 4.82. The number of hydrogen-bond donors (Lipinski definition) is 2. The predicted molar refractivity (Wildman–Crippen MR) is 86.4 cm³/mol. The normalized spacial score (nSPS) is 12.2. The highest BCUT2D eigenvalue weighted by Gasteiger charge is 2.18. The number of nitrogen functional groups attached to an aromatic ring is 1. The number of anilines is 1. The van der Waals surface area contributed by atoms with Crippen LogP contribution in [0, 0.1) is 0 Å². The molecule has 1 atom stereocenters. The van der Waals surface area contributed by atoms with Gasteiger partial charge in [0.2, 0.25) is 0 Å². The first-order valence-corrected chi connectivity index (χ1v) is 7.46. The molecule has 0 aliphatic rings. The van der Waals surface area contributed by atoms with Gasteiger partial charge in [-0.25, -0.2) is 0 Å². The Morgan fingerprint density at radius 3 is 2.81 bits per heavy atom. The van der Waals surface area contributed by atoms with Gasteiger partial charge in [0.25, 0.3) is 5.91 Å². The van der Waals surface area contributed by atoms with Crippen LogP contribution in [0.15, 0.2) is 48.8 Å². The average Bonchev–Trinajstić information content (AvgIpc) is 2.86. The smallest absolute Gasteiger partial charge is 0.263 e. The molecule has 2 aromatic heterocycles. The highest BCUT2D eigenvalue weighted by atomic mass is 32.1. The Balaban J connectivity index is 1.86. The van der Waals surface area contributed by atoms with Crippen molar-refractivity contribution < 1.29 is 4.79 Å². The number of aromatic nitrogens is 1. The zero-order valence-electron chi connectivity index (χ0n) is 11.5. The van der Waals surface area contributed by atoms with Gasteiger partial charge in [0.1, 0.15) is 4.88 Å². The van der Waals surface area contributed by atoms with Crippen LogP contribution in [0.3, 0.4) is 0 Å². The van der Waals surface area contributed by atoms with E-state index in [0.29, 0.717) is 10.6 Å². The molecule has 0 radical (unpaired) electrons. The van der Waals surface area contributed by atoms with Crippen molar-refractivity contribution in [3.8, 4) is 0 Å². The van der Waals surface area contributed by atoms with Gasteiger partial charge in [-0.1, -0.05) is 24.3 Å². The summed E-state index contributed by atoms with van der Waals surface area (Å²) >= 11 is 1.42. The Labute approximate surface area is 126 Å². The van der Waals surface area contributed by atoms with Crippen LogP contribution in [-0.2, 0) is 0 Å². The van der Waals surface area contributed by atoms with Gasteiger partial charge in [-0.15, -0.1) is 11.3 Å². The second kappa shape index (κ2) is 5.54. The van der Waals surface area contributed by atoms with Crippen LogP contribution in [0.4, 0.5) is 5.69 Å². The molecule has 5 heteroatoms. The third kappa shape index (κ3) is 2.60. The molecule has 0 spiro atoms. The standard InChI is InChI=1S/C16H15N3OS/c1-10(11-5-4-8-18-9-11)19-16(20)15-14(17)12-6-2-3-7-13(12)21-15/h2-10H,17H2,1H3,(H,19,20). The lowest BCUT2D eigenvalue weighted by molar-refractivity contribution is 0.0945. The van der Waals surface area contributed by atoms with Crippen molar-refractivity contribution in [2.75, 3.05) is 5.73 Å². The molecular weight excluding hydrogens is 282 g/mol. The van der Waals surface area contributed by atoms with Crippen LogP contribution in [0.5, 0.6) is 0 Å². The Kier molecular flexibility index (Phi) is 3.58. The number of rotatable bonds is 3. The summed E-state index contributed by atoms with van der Waals surface area (Å²) in [6.45, 7) is 1.93. The van der Waals surface area contributed by atoms with Gasteiger partial charge in [-0.3, -0.25) is 9.78 Å². The molecule has 3 aromatic rings. The minimum absolute atomic E-state index is 0.115. The topological polar surface area (TPSA) is 68.0 Å². The Hall–Kier alpha value is -2.40. The Morgan fingerprint density at radius 2 is 2.10 bits per heavy atom. The molecular formula is C16H15N3OS. The lowest BCUT2D eigenvalue weighted by Gasteiger charge is -2.13. The van der Waals surface area contributed by atoms with E-state index in [1.165, 1.54) is 11.3 Å². The van der Waals surface area contributed by atoms with E-state index in [-0.39, 0.29) is 11.9 Å². The molecule has 0 fully saturated rings. The van der Waals surface area contributed by atoms with E-state index in [4.69, 9.17) is 5.73 Å². The van der Waals surface area contributed by atoms with E-state index in [1.54, 1.807) is 12.4 Å². The molecule has 1 aromatic carbocycles. The number of thiophene rings is 1. The number of carbonyl (C=O) groups excluding carboxylic acids is 1.